The number of carbonyl (C=O) groups is 2. The van der Waals surface area contributed by atoms with E-state index in [1.54, 1.807) is 43.7 Å². The predicted molar refractivity (Wildman–Crippen MR) is 79.1 cm³/mol. The van der Waals surface area contributed by atoms with Crippen molar-refractivity contribution in [2.75, 3.05) is 0 Å². The summed E-state index contributed by atoms with van der Waals surface area (Å²) in [6.45, 7) is 5.66. The largest absolute Gasteiger partial charge is 0.480 e. The van der Waals surface area contributed by atoms with E-state index in [0.29, 0.717) is 18.5 Å². The number of aryl methyl sites for hydroxylation is 2. The van der Waals surface area contributed by atoms with Crippen LogP contribution in [0.5, 0.6) is 0 Å². The molecular formula is C15H22N2O4. The van der Waals surface area contributed by atoms with E-state index in [4.69, 9.17) is 5.11 Å². The Morgan fingerprint density at radius 3 is 2.62 bits per heavy atom. The van der Waals surface area contributed by atoms with Crippen LogP contribution in [0.1, 0.15) is 32.3 Å². The highest BCUT2D eigenvalue weighted by atomic mass is 16.4. The maximum atomic E-state index is 11.8. The van der Waals surface area contributed by atoms with E-state index < -0.39 is 12.0 Å². The van der Waals surface area contributed by atoms with Crippen LogP contribution < -0.4 is 10.9 Å². The number of amides is 1. The van der Waals surface area contributed by atoms with Gasteiger partial charge in [0.15, 0.2) is 0 Å². The van der Waals surface area contributed by atoms with Crippen molar-refractivity contribution in [1.29, 1.82) is 0 Å². The molecule has 0 bridgehead atoms. The van der Waals surface area contributed by atoms with Gasteiger partial charge in [-0.15, -0.1) is 0 Å². The molecule has 0 spiro atoms. The summed E-state index contributed by atoms with van der Waals surface area (Å²) in [5.74, 6) is -1.52. The van der Waals surface area contributed by atoms with Crippen molar-refractivity contribution in [1.82, 2.24) is 9.88 Å². The lowest BCUT2D eigenvalue weighted by atomic mass is 10.0. The number of nitrogens with one attached hydrogen (secondary N) is 1. The van der Waals surface area contributed by atoms with Crippen molar-refractivity contribution in [3.8, 4) is 0 Å². The number of rotatable bonds is 7. The lowest BCUT2D eigenvalue weighted by molar-refractivity contribution is -0.143. The number of carboxylic acid groups (broad SMARTS) is 1. The van der Waals surface area contributed by atoms with Crippen molar-refractivity contribution in [2.45, 2.75) is 46.2 Å². The van der Waals surface area contributed by atoms with Gasteiger partial charge >= 0.3 is 5.97 Å². The average molecular weight is 294 g/mol. The maximum Gasteiger partial charge on any atom is 0.326 e. The number of carboxylic acids is 1. The maximum absolute atomic E-state index is 11.8. The van der Waals surface area contributed by atoms with Crippen LogP contribution in [0, 0.1) is 12.8 Å². The summed E-state index contributed by atoms with van der Waals surface area (Å²) in [4.78, 5) is 34.5. The van der Waals surface area contributed by atoms with E-state index in [9.17, 15) is 14.4 Å². The summed E-state index contributed by atoms with van der Waals surface area (Å²) in [5.41, 5.74) is 0.594. The molecule has 0 aliphatic carbocycles. The highest BCUT2D eigenvalue weighted by Crippen LogP contribution is 2.03. The summed E-state index contributed by atoms with van der Waals surface area (Å²) in [6, 6.07) is 2.65. The van der Waals surface area contributed by atoms with Crippen molar-refractivity contribution in [2.24, 2.45) is 5.92 Å². The molecule has 0 saturated heterocycles. The molecule has 1 atom stereocenters. The fourth-order valence-corrected chi connectivity index (χ4v) is 2.00. The summed E-state index contributed by atoms with van der Waals surface area (Å²) in [5, 5.41) is 11.5. The van der Waals surface area contributed by atoms with E-state index in [0.717, 1.165) is 0 Å². The number of pyridine rings is 1. The molecule has 0 aromatic carbocycles. The molecule has 1 amide bonds. The van der Waals surface area contributed by atoms with Gasteiger partial charge in [-0.25, -0.2) is 4.79 Å². The fraction of sp³-hybridized carbons (Fsp3) is 0.533. The quantitative estimate of drug-likeness (QED) is 0.790. The van der Waals surface area contributed by atoms with Crippen LogP contribution in [-0.4, -0.2) is 27.6 Å². The molecule has 116 valence electrons. The summed E-state index contributed by atoms with van der Waals surface area (Å²) in [7, 11) is 0. The molecule has 0 aliphatic rings. The fourth-order valence-electron chi connectivity index (χ4n) is 2.00. The second-order valence-corrected chi connectivity index (χ2v) is 5.42. The predicted octanol–water partition coefficient (Wildman–Crippen LogP) is 1.16. The van der Waals surface area contributed by atoms with Crippen LogP contribution in [0.2, 0.25) is 0 Å². The molecule has 1 aromatic rings. The van der Waals surface area contributed by atoms with Gasteiger partial charge < -0.3 is 15.0 Å². The normalized spacial score (nSPS) is 12.2. The molecule has 2 N–H and O–H groups in total. The molecule has 0 aliphatic heterocycles. The minimum atomic E-state index is -1.03. The van der Waals surface area contributed by atoms with Gasteiger partial charge in [0, 0.05) is 24.7 Å². The van der Waals surface area contributed by atoms with E-state index in [1.807, 2.05) is 0 Å². The molecule has 1 unspecified atom stereocenters. The number of aromatic nitrogens is 1. The van der Waals surface area contributed by atoms with Gasteiger partial charge in [-0.05, 0) is 25.3 Å². The Labute approximate surface area is 123 Å². The van der Waals surface area contributed by atoms with Gasteiger partial charge in [0.05, 0.1) is 0 Å². The Morgan fingerprint density at radius 2 is 2.05 bits per heavy atom. The zero-order chi connectivity index (χ0) is 16.0. The first-order valence-electron chi connectivity index (χ1n) is 7.01. The first-order valence-corrected chi connectivity index (χ1v) is 7.01. The van der Waals surface area contributed by atoms with Crippen molar-refractivity contribution in [3.05, 3.63) is 34.2 Å². The van der Waals surface area contributed by atoms with E-state index in [2.05, 4.69) is 5.32 Å². The Kier molecular flexibility index (Phi) is 6.14. The highest BCUT2D eigenvalue weighted by Gasteiger charge is 2.22. The molecule has 0 saturated carbocycles. The lowest BCUT2D eigenvalue weighted by Crippen LogP contribution is -2.44. The third-order valence-electron chi connectivity index (χ3n) is 3.26. The van der Waals surface area contributed by atoms with E-state index >= 15 is 0 Å². The molecule has 6 heteroatoms. The van der Waals surface area contributed by atoms with Crippen molar-refractivity contribution in [3.63, 3.8) is 0 Å². The monoisotopic (exact) mass is 294 g/mol. The van der Waals surface area contributed by atoms with Gasteiger partial charge in [-0.3, -0.25) is 9.59 Å². The Hall–Kier alpha value is -2.11. The van der Waals surface area contributed by atoms with Crippen LogP contribution in [0.3, 0.4) is 0 Å². The summed E-state index contributed by atoms with van der Waals surface area (Å²) < 4.78 is 1.56. The highest BCUT2D eigenvalue weighted by molar-refractivity contribution is 5.83. The molecule has 21 heavy (non-hydrogen) atoms. The molecule has 1 heterocycles. The van der Waals surface area contributed by atoms with E-state index in [-0.39, 0.29) is 23.8 Å². The van der Waals surface area contributed by atoms with Gasteiger partial charge in [-0.1, -0.05) is 19.9 Å². The topological polar surface area (TPSA) is 88.4 Å². The van der Waals surface area contributed by atoms with Gasteiger partial charge in [-0.2, -0.15) is 0 Å². The van der Waals surface area contributed by atoms with Crippen LogP contribution in [0.15, 0.2) is 23.1 Å². The number of hydrogen-bond acceptors (Lipinski definition) is 3. The minimum Gasteiger partial charge on any atom is -0.480 e. The standard InChI is InChI=1S/C15H22N2O4/c1-10(2)13(15(20)21)16-12(18)7-5-9-17-8-4-6-11(3)14(17)19/h4,6,8,10,13H,5,7,9H2,1-3H3,(H,16,18)(H,20,21). The smallest absolute Gasteiger partial charge is 0.326 e. The third-order valence-corrected chi connectivity index (χ3v) is 3.26. The van der Waals surface area contributed by atoms with Crippen molar-refractivity contribution >= 4 is 11.9 Å². The van der Waals surface area contributed by atoms with E-state index in [1.165, 1.54) is 0 Å². The van der Waals surface area contributed by atoms with Crippen LogP contribution >= 0.6 is 0 Å². The molecular weight excluding hydrogens is 272 g/mol. The zero-order valence-electron chi connectivity index (χ0n) is 12.6. The third kappa shape index (κ3) is 5.06. The Balaban J connectivity index is 2.49. The van der Waals surface area contributed by atoms with Gasteiger partial charge in [0.2, 0.25) is 5.91 Å². The van der Waals surface area contributed by atoms with Gasteiger partial charge in [0.1, 0.15) is 6.04 Å². The number of carbonyl (C=O) groups excluding carboxylic acids is 1. The van der Waals surface area contributed by atoms with Crippen LogP contribution in [-0.2, 0) is 16.1 Å². The van der Waals surface area contributed by atoms with Gasteiger partial charge in [0.25, 0.3) is 5.56 Å². The first-order chi connectivity index (χ1) is 9.82. The molecule has 6 nitrogen and oxygen atoms in total. The summed E-state index contributed by atoms with van der Waals surface area (Å²) >= 11 is 0. The first kappa shape index (κ1) is 16.9. The molecule has 1 rings (SSSR count). The van der Waals surface area contributed by atoms with Crippen molar-refractivity contribution < 1.29 is 14.7 Å². The molecule has 1 aromatic heterocycles. The van der Waals surface area contributed by atoms with Crippen LogP contribution in [0.25, 0.3) is 0 Å². The number of nitrogens with zero attached hydrogens (tertiary/aromatic N) is 1. The molecule has 0 fully saturated rings. The Morgan fingerprint density at radius 1 is 1.38 bits per heavy atom. The second-order valence-electron chi connectivity index (χ2n) is 5.42. The zero-order valence-corrected chi connectivity index (χ0v) is 12.6. The average Bonchev–Trinajstić information content (AvgIpc) is 2.40. The number of hydrogen-bond donors (Lipinski definition) is 2. The SMILES string of the molecule is Cc1cccn(CCCC(=O)NC(C(=O)O)C(C)C)c1=O. The lowest BCUT2D eigenvalue weighted by Gasteiger charge is -2.17. The summed E-state index contributed by atoms with van der Waals surface area (Å²) in [6.07, 6.45) is 2.36. The number of aliphatic carboxylic acids is 1. The van der Waals surface area contributed by atoms with Crippen LogP contribution in [0.4, 0.5) is 0 Å². The Bertz CT molecular complexity index is 563. The minimum absolute atomic E-state index is 0.0662. The molecule has 0 radical (unpaired) electrons. The second kappa shape index (κ2) is 7.61.